The smallest absolute Gasteiger partial charge is 0.255 e. The maximum atomic E-state index is 14.2. The van der Waals surface area contributed by atoms with Crippen LogP contribution in [0.5, 0.6) is 17.2 Å². The number of unbranched alkanes of at least 4 members (excludes halogenated alkanes) is 1. The number of fused-ring (bicyclic) bond motifs is 1. The average Bonchev–Trinajstić information content (AvgIpc) is 3.44. The lowest BCUT2D eigenvalue weighted by Gasteiger charge is -2.29. The Morgan fingerprint density at radius 2 is 1.89 bits per heavy atom. The van der Waals surface area contributed by atoms with Crippen molar-refractivity contribution < 1.29 is 19.0 Å². The molecule has 1 aliphatic rings. The highest BCUT2D eigenvalue weighted by molar-refractivity contribution is 9.10. The Morgan fingerprint density at radius 3 is 2.64 bits per heavy atom. The Kier molecular flexibility index (Phi) is 11.0. The maximum absolute atomic E-state index is 14.2. The van der Waals surface area contributed by atoms with E-state index in [1.807, 2.05) is 74.5 Å². The number of nitrogens with one attached hydrogen (secondary N) is 2. The third kappa shape index (κ3) is 7.43. The summed E-state index contributed by atoms with van der Waals surface area (Å²) in [5, 5.41) is 12.5. The van der Waals surface area contributed by atoms with Gasteiger partial charge in [0.2, 0.25) is 11.1 Å². The Hall–Kier alpha value is -3.67. The van der Waals surface area contributed by atoms with Crippen molar-refractivity contribution in [3.8, 4) is 17.2 Å². The minimum Gasteiger partial charge on any atom is -0.493 e. The van der Waals surface area contributed by atoms with Crippen LogP contribution in [0.2, 0.25) is 5.02 Å². The number of allylic oxidation sites excluding steroid dienone is 1. The van der Waals surface area contributed by atoms with Crippen molar-refractivity contribution in [3.05, 3.63) is 92.6 Å². The topological polar surface area (TPSA) is 99.5 Å². The van der Waals surface area contributed by atoms with Crippen LogP contribution in [-0.2, 0) is 10.5 Å². The molecule has 1 amide bonds. The quantitative estimate of drug-likeness (QED) is 0.105. The van der Waals surface area contributed by atoms with E-state index in [0.29, 0.717) is 73.8 Å². The standard InChI is InChI=1S/C33H35BrClN5O4S/c1-5-7-16-44-30-23(34)17-22(18-27(30)42-4)29-28(31(41)37-25-14-10-11-15-26(25)43-6-2)20(3)36-32-38-33(39-40(29)32)45-19-21-12-8-9-13-24(21)35/h8-15,17-18,29H,5-7,16,19H2,1-4H3,(H,37,41)(H,36,38,39). The average molecular weight is 713 g/mol. The van der Waals surface area contributed by atoms with Gasteiger partial charge in [-0.05, 0) is 77.7 Å². The van der Waals surface area contributed by atoms with E-state index in [1.54, 1.807) is 11.8 Å². The first kappa shape index (κ1) is 32.7. The van der Waals surface area contributed by atoms with Crippen molar-refractivity contribution in [3.63, 3.8) is 0 Å². The number of halogens is 2. The number of carbonyl (C=O) groups is 1. The van der Waals surface area contributed by atoms with Crippen LogP contribution in [0.15, 0.2) is 81.6 Å². The first-order chi connectivity index (χ1) is 21.8. The number of carbonyl (C=O) groups excluding carboxylic acids is 1. The summed E-state index contributed by atoms with van der Waals surface area (Å²) < 4.78 is 20.1. The number of aromatic nitrogens is 3. The van der Waals surface area contributed by atoms with E-state index >= 15 is 0 Å². The number of hydrogen-bond donors (Lipinski definition) is 2. The molecule has 0 radical (unpaired) electrons. The molecule has 1 aliphatic heterocycles. The largest absolute Gasteiger partial charge is 0.493 e. The van der Waals surface area contributed by atoms with Crippen molar-refractivity contribution in [2.75, 3.05) is 31.0 Å². The number of nitrogens with zero attached hydrogens (tertiary/aromatic N) is 3. The van der Waals surface area contributed by atoms with E-state index in [9.17, 15) is 4.79 Å². The molecule has 1 aromatic heterocycles. The third-order valence-electron chi connectivity index (χ3n) is 7.14. The maximum Gasteiger partial charge on any atom is 0.255 e. The first-order valence-electron chi connectivity index (χ1n) is 14.7. The zero-order valence-electron chi connectivity index (χ0n) is 25.5. The summed E-state index contributed by atoms with van der Waals surface area (Å²) >= 11 is 11.6. The molecular formula is C33H35BrClN5O4S. The molecule has 1 unspecified atom stereocenters. The van der Waals surface area contributed by atoms with Crippen molar-refractivity contribution in [2.24, 2.45) is 0 Å². The molecule has 12 heteroatoms. The molecule has 0 aliphatic carbocycles. The highest BCUT2D eigenvalue weighted by atomic mass is 79.9. The SMILES string of the molecule is CCCCOc1c(Br)cc(C2C(C(=O)Nc3ccccc3OCC)=C(C)Nc3nc(SCc4ccccc4Cl)nn32)cc1OC. The predicted octanol–water partition coefficient (Wildman–Crippen LogP) is 8.50. The molecule has 0 saturated carbocycles. The Morgan fingerprint density at radius 1 is 1.11 bits per heavy atom. The van der Waals surface area contributed by atoms with E-state index in [2.05, 4.69) is 33.5 Å². The molecule has 45 heavy (non-hydrogen) atoms. The van der Waals surface area contributed by atoms with Crippen LogP contribution < -0.4 is 24.8 Å². The molecule has 0 saturated heterocycles. The van der Waals surface area contributed by atoms with Crippen molar-refractivity contribution >= 4 is 56.8 Å². The molecule has 5 rings (SSSR count). The van der Waals surface area contributed by atoms with Crippen molar-refractivity contribution in [1.82, 2.24) is 14.8 Å². The lowest BCUT2D eigenvalue weighted by molar-refractivity contribution is -0.113. The van der Waals surface area contributed by atoms with Gasteiger partial charge in [0.25, 0.3) is 5.91 Å². The summed E-state index contributed by atoms with van der Waals surface area (Å²) in [6.07, 6.45) is 1.92. The van der Waals surface area contributed by atoms with Gasteiger partial charge in [-0.3, -0.25) is 4.79 Å². The number of rotatable bonds is 13. The van der Waals surface area contributed by atoms with Crippen LogP contribution in [0.4, 0.5) is 11.6 Å². The van der Waals surface area contributed by atoms with Gasteiger partial charge in [0.05, 0.1) is 36.1 Å². The van der Waals surface area contributed by atoms with Gasteiger partial charge in [-0.2, -0.15) is 4.98 Å². The van der Waals surface area contributed by atoms with Gasteiger partial charge in [0, 0.05) is 16.5 Å². The Labute approximate surface area is 280 Å². The van der Waals surface area contributed by atoms with Crippen LogP contribution in [0.3, 0.4) is 0 Å². The van der Waals surface area contributed by atoms with E-state index in [4.69, 9.17) is 35.9 Å². The molecule has 9 nitrogen and oxygen atoms in total. The van der Waals surface area contributed by atoms with E-state index in [1.165, 1.54) is 11.8 Å². The van der Waals surface area contributed by atoms with Crippen LogP contribution in [0, 0.1) is 0 Å². The summed E-state index contributed by atoms with van der Waals surface area (Å²) in [5.41, 5.74) is 3.43. The van der Waals surface area contributed by atoms with Gasteiger partial charge in [0.15, 0.2) is 11.5 Å². The molecule has 0 spiro atoms. The number of para-hydroxylation sites is 2. The van der Waals surface area contributed by atoms with Crippen LogP contribution >= 0.6 is 39.3 Å². The Bertz CT molecular complexity index is 1710. The fraction of sp³-hybridized carbons (Fsp3) is 0.303. The summed E-state index contributed by atoms with van der Waals surface area (Å²) in [6.45, 7) is 6.90. The van der Waals surface area contributed by atoms with Gasteiger partial charge < -0.3 is 24.8 Å². The molecule has 2 heterocycles. The molecule has 0 fully saturated rings. The third-order valence-corrected chi connectivity index (χ3v) is 8.98. The molecule has 236 valence electrons. The van der Waals surface area contributed by atoms with Crippen LogP contribution in [-0.4, -0.2) is 41.0 Å². The minimum absolute atomic E-state index is 0.304. The van der Waals surface area contributed by atoms with Crippen molar-refractivity contribution in [1.29, 1.82) is 0 Å². The van der Waals surface area contributed by atoms with Gasteiger partial charge in [-0.15, -0.1) is 5.10 Å². The number of benzene rings is 3. The van der Waals surface area contributed by atoms with Crippen LogP contribution in [0.1, 0.15) is 50.8 Å². The zero-order chi connectivity index (χ0) is 31.9. The van der Waals surface area contributed by atoms with E-state index in [-0.39, 0.29) is 5.91 Å². The summed E-state index contributed by atoms with van der Waals surface area (Å²) in [4.78, 5) is 18.9. The molecule has 4 aromatic rings. The zero-order valence-corrected chi connectivity index (χ0v) is 28.7. The predicted molar refractivity (Wildman–Crippen MR) is 183 cm³/mol. The second-order valence-corrected chi connectivity index (χ2v) is 12.4. The molecular weight excluding hydrogens is 678 g/mol. The normalized spacial score (nSPS) is 14.0. The first-order valence-corrected chi connectivity index (χ1v) is 16.8. The molecule has 1 atom stereocenters. The second kappa shape index (κ2) is 15.1. The highest BCUT2D eigenvalue weighted by Crippen LogP contribution is 2.43. The molecule has 2 N–H and O–H groups in total. The lowest BCUT2D eigenvalue weighted by atomic mass is 9.94. The second-order valence-electron chi connectivity index (χ2n) is 10.2. The van der Waals surface area contributed by atoms with Gasteiger partial charge >= 0.3 is 0 Å². The van der Waals surface area contributed by atoms with E-state index in [0.717, 1.165) is 24.0 Å². The Balaban J connectivity index is 1.55. The van der Waals surface area contributed by atoms with Crippen LogP contribution in [0.25, 0.3) is 0 Å². The molecule has 0 bridgehead atoms. The summed E-state index contributed by atoms with van der Waals surface area (Å²) in [7, 11) is 1.60. The van der Waals surface area contributed by atoms with Gasteiger partial charge in [0.1, 0.15) is 11.8 Å². The highest BCUT2D eigenvalue weighted by Gasteiger charge is 2.36. The number of thioether (sulfide) groups is 1. The van der Waals surface area contributed by atoms with Gasteiger partial charge in [-0.25, -0.2) is 4.68 Å². The lowest BCUT2D eigenvalue weighted by Crippen LogP contribution is -2.31. The van der Waals surface area contributed by atoms with E-state index < -0.39 is 6.04 Å². The molecule has 3 aromatic carbocycles. The number of hydrogen-bond acceptors (Lipinski definition) is 8. The van der Waals surface area contributed by atoms with Gasteiger partial charge in [-0.1, -0.05) is 67.0 Å². The number of amides is 1. The minimum atomic E-state index is -0.641. The fourth-order valence-electron chi connectivity index (χ4n) is 4.95. The monoisotopic (exact) mass is 711 g/mol. The number of methoxy groups -OCH3 is 1. The van der Waals surface area contributed by atoms with Crippen molar-refractivity contribution in [2.45, 2.75) is 50.6 Å². The number of anilines is 2. The summed E-state index contributed by atoms with van der Waals surface area (Å²) in [6, 6.07) is 18.3. The summed E-state index contributed by atoms with van der Waals surface area (Å²) in [5.74, 6) is 2.54. The fourth-order valence-corrected chi connectivity index (χ4v) is 6.64. The number of ether oxygens (including phenoxy) is 3.